The van der Waals surface area contributed by atoms with E-state index in [1.54, 1.807) is 11.3 Å². The van der Waals surface area contributed by atoms with Crippen LogP contribution >= 0.6 is 35.3 Å². The molecule has 1 aliphatic heterocycles. The van der Waals surface area contributed by atoms with Gasteiger partial charge in [-0.15, -0.1) is 0 Å². The highest BCUT2D eigenvalue weighted by Gasteiger charge is 2.25. The average Bonchev–Trinajstić information content (AvgIpc) is 3.23. The van der Waals surface area contributed by atoms with Crippen LogP contribution in [0.1, 0.15) is 30.5 Å². The molecule has 0 spiro atoms. The van der Waals surface area contributed by atoms with Crippen molar-refractivity contribution in [2.75, 3.05) is 0 Å². The van der Waals surface area contributed by atoms with Gasteiger partial charge in [-0.25, -0.2) is 9.50 Å². The number of thiocarbonyl (C=S) groups is 1. The number of imidazole rings is 1. The zero-order valence-corrected chi connectivity index (χ0v) is 16.0. The van der Waals surface area contributed by atoms with Crippen molar-refractivity contribution in [2.45, 2.75) is 19.8 Å². The lowest BCUT2D eigenvalue weighted by Crippen LogP contribution is -2.17. The molecule has 5 nitrogen and oxygen atoms in total. The van der Waals surface area contributed by atoms with Gasteiger partial charge in [0.15, 0.2) is 0 Å². The van der Waals surface area contributed by atoms with Gasteiger partial charge in [-0.05, 0) is 6.08 Å². The second-order valence-electron chi connectivity index (χ2n) is 5.85. The normalized spacial score (nSPS) is 16.4. The van der Waals surface area contributed by atoms with Crippen LogP contribution in [-0.2, 0) is 4.79 Å². The third-order valence-corrected chi connectivity index (χ3v) is 6.08. The average molecular weight is 387 g/mol. The molecular formula is C17H14N4OS3. The van der Waals surface area contributed by atoms with Crippen LogP contribution in [0.5, 0.6) is 0 Å². The Morgan fingerprint density at radius 1 is 1.28 bits per heavy atom. The van der Waals surface area contributed by atoms with Crippen molar-refractivity contribution >= 4 is 56.6 Å². The number of rotatable bonds is 3. The van der Waals surface area contributed by atoms with E-state index in [0.717, 1.165) is 26.9 Å². The minimum absolute atomic E-state index is 0.178. The summed E-state index contributed by atoms with van der Waals surface area (Å²) in [6.45, 7) is 4.21. The van der Waals surface area contributed by atoms with Crippen molar-refractivity contribution in [3.8, 4) is 11.3 Å². The number of carbonyl (C=O) groups excluding carboxylic acids is 1. The smallest absolute Gasteiger partial charge is 0.263 e. The summed E-state index contributed by atoms with van der Waals surface area (Å²) >= 11 is 7.92. The van der Waals surface area contributed by atoms with E-state index in [2.05, 4.69) is 19.2 Å². The molecular weight excluding hydrogens is 372 g/mol. The maximum absolute atomic E-state index is 12.1. The number of benzene rings is 1. The number of aromatic nitrogens is 3. The highest BCUT2D eigenvalue weighted by atomic mass is 32.2. The Morgan fingerprint density at radius 3 is 2.68 bits per heavy atom. The molecule has 0 bridgehead atoms. The van der Waals surface area contributed by atoms with Gasteiger partial charge in [-0.2, -0.15) is 5.10 Å². The Bertz CT molecular complexity index is 1020. The van der Waals surface area contributed by atoms with Gasteiger partial charge in [-0.3, -0.25) is 4.79 Å². The monoisotopic (exact) mass is 386 g/mol. The Kier molecular flexibility index (Phi) is 4.18. The van der Waals surface area contributed by atoms with Crippen molar-refractivity contribution < 1.29 is 4.79 Å². The Labute approximate surface area is 158 Å². The largest absolute Gasteiger partial charge is 0.307 e. The molecule has 0 atom stereocenters. The number of amides is 1. The standard InChI is InChI=1S/C17H14N4OS3/c1-9(2)15-20-21-11(8-12-14(22)19-17(23)24-12)13(18-16(21)25-15)10-6-4-3-5-7-10/h3-9H,1-2H3,(H,19,22,23)/b12-8-. The van der Waals surface area contributed by atoms with Crippen LogP contribution in [0.3, 0.4) is 0 Å². The number of thioether (sulfide) groups is 1. The molecule has 1 aromatic carbocycles. The molecule has 2 aromatic heterocycles. The van der Waals surface area contributed by atoms with Gasteiger partial charge in [0.2, 0.25) is 4.96 Å². The summed E-state index contributed by atoms with van der Waals surface area (Å²) in [5.74, 6) is 0.146. The van der Waals surface area contributed by atoms with E-state index < -0.39 is 0 Å². The third kappa shape index (κ3) is 3.01. The number of nitrogens with one attached hydrogen (secondary N) is 1. The number of fused-ring (bicyclic) bond motifs is 1. The molecule has 3 heterocycles. The van der Waals surface area contributed by atoms with Gasteiger partial charge in [-0.1, -0.05) is 79.5 Å². The molecule has 8 heteroatoms. The zero-order chi connectivity index (χ0) is 17.6. The fraction of sp³-hybridized carbons (Fsp3) is 0.176. The van der Waals surface area contributed by atoms with E-state index in [-0.39, 0.29) is 5.91 Å². The third-order valence-electron chi connectivity index (χ3n) is 3.70. The molecule has 1 fully saturated rings. The van der Waals surface area contributed by atoms with Gasteiger partial charge < -0.3 is 5.32 Å². The maximum atomic E-state index is 12.1. The predicted octanol–water partition coefficient (Wildman–Crippen LogP) is 4.07. The fourth-order valence-corrected chi connectivity index (χ4v) is 4.42. The van der Waals surface area contributed by atoms with Crippen LogP contribution in [0.15, 0.2) is 35.2 Å². The minimum Gasteiger partial charge on any atom is -0.307 e. The molecule has 0 unspecified atom stereocenters. The summed E-state index contributed by atoms with van der Waals surface area (Å²) in [6.07, 6.45) is 1.82. The molecule has 1 saturated heterocycles. The first kappa shape index (κ1) is 16.4. The molecule has 1 N–H and O–H groups in total. The quantitative estimate of drug-likeness (QED) is 0.543. The molecule has 1 aliphatic rings. The Balaban J connectivity index is 1.93. The summed E-state index contributed by atoms with van der Waals surface area (Å²) in [5.41, 5.74) is 2.60. The van der Waals surface area contributed by atoms with Crippen LogP contribution in [0.25, 0.3) is 22.3 Å². The summed E-state index contributed by atoms with van der Waals surface area (Å²) in [7, 11) is 0. The summed E-state index contributed by atoms with van der Waals surface area (Å²) in [4.78, 5) is 18.2. The Hall–Kier alpha value is -2.03. The second kappa shape index (κ2) is 6.36. The van der Waals surface area contributed by atoms with Gasteiger partial charge in [0.1, 0.15) is 9.33 Å². The van der Waals surface area contributed by atoms with Gasteiger partial charge >= 0.3 is 0 Å². The van der Waals surface area contributed by atoms with E-state index in [1.807, 2.05) is 40.9 Å². The lowest BCUT2D eigenvalue weighted by atomic mass is 10.1. The number of hydrogen-bond acceptors (Lipinski definition) is 6. The zero-order valence-electron chi connectivity index (χ0n) is 13.5. The van der Waals surface area contributed by atoms with Crippen LogP contribution in [0.2, 0.25) is 0 Å². The minimum atomic E-state index is -0.178. The van der Waals surface area contributed by atoms with Crippen molar-refractivity contribution in [3.63, 3.8) is 0 Å². The molecule has 3 aromatic rings. The van der Waals surface area contributed by atoms with Crippen molar-refractivity contribution in [1.82, 2.24) is 19.9 Å². The van der Waals surface area contributed by atoms with Crippen LogP contribution < -0.4 is 5.32 Å². The number of nitrogens with zero attached hydrogens (tertiary/aromatic N) is 3. The highest BCUT2D eigenvalue weighted by molar-refractivity contribution is 8.26. The second-order valence-corrected chi connectivity index (χ2v) is 8.56. The molecule has 4 rings (SSSR count). The van der Waals surface area contributed by atoms with Crippen molar-refractivity contribution in [2.24, 2.45) is 0 Å². The van der Waals surface area contributed by atoms with E-state index in [9.17, 15) is 4.79 Å². The maximum Gasteiger partial charge on any atom is 0.263 e. The number of hydrogen-bond donors (Lipinski definition) is 1. The highest BCUT2D eigenvalue weighted by Crippen LogP contribution is 2.33. The number of carbonyl (C=O) groups is 1. The SMILES string of the molecule is CC(C)c1nn2c(/C=C3\SC(=S)NC3=O)c(-c3ccccc3)nc2s1. The first-order chi connectivity index (χ1) is 12.0. The fourth-order valence-electron chi connectivity index (χ4n) is 2.50. The molecule has 0 radical (unpaired) electrons. The summed E-state index contributed by atoms with van der Waals surface area (Å²) < 4.78 is 2.30. The lowest BCUT2D eigenvalue weighted by molar-refractivity contribution is -0.115. The predicted molar refractivity (Wildman–Crippen MR) is 107 cm³/mol. The Morgan fingerprint density at radius 2 is 2.04 bits per heavy atom. The summed E-state index contributed by atoms with van der Waals surface area (Å²) in [6, 6.07) is 9.92. The van der Waals surface area contributed by atoms with Gasteiger partial charge in [0.05, 0.1) is 16.3 Å². The first-order valence-corrected chi connectivity index (χ1v) is 9.77. The van der Waals surface area contributed by atoms with Crippen molar-refractivity contribution in [1.29, 1.82) is 0 Å². The first-order valence-electron chi connectivity index (χ1n) is 7.72. The molecule has 126 valence electrons. The van der Waals surface area contributed by atoms with E-state index in [1.165, 1.54) is 11.8 Å². The van der Waals surface area contributed by atoms with E-state index >= 15 is 0 Å². The summed E-state index contributed by atoms with van der Waals surface area (Å²) in [5, 5.41) is 8.36. The van der Waals surface area contributed by atoms with Gasteiger partial charge in [0, 0.05) is 11.5 Å². The van der Waals surface area contributed by atoms with E-state index in [0.29, 0.717) is 15.1 Å². The topological polar surface area (TPSA) is 59.3 Å². The van der Waals surface area contributed by atoms with Crippen LogP contribution in [0.4, 0.5) is 0 Å². The van der Waals surface area contributed by atoms with Crippen molar-refractivity contribution in [3.05, 3.63) is 45.9 Å². The van der Waals surface area contributed by atoms with Crippen LogP contribution in [0, 0.1) is 0 Å². The molecule has 25 heavy (non-hydrogen) atoms. The van der Waals surface area contributed by atoms with Gasteiger partial charge in [0.25, 0.3) is 5.91 Å². The van der Waals surface area contributed by atoms with E-state index in [4.69, 9.17) is 22.3 Å². The lowest BCUT2D eigenvalue weighted by Gasteiger charge is -2.01. The van der Waals surface area contributed by atoms with Crippen LogP contribution in [-0.4, -0.2) is 24.8 Å². The molecule has 0 saturated carbocycles. The molecule has 0 aliphatic carbocycles. The molecule has 1 amide bonds.